The van der Waals surface area contributed by atoms with Gasteiger partial charge in [-0.15, -0.1) is 0 Å². The number of rotatable bonds is 5. The van der Waals surface area contributed by atoms with Crippen LogP contribution in [0.25, 0.3) is 0 Å². The first-order valence-electron chi connectivity index (χ1n) is 10.1. The third kappa shape index (κ3) is 4.33. The van der Waals surface area contributed by atoms with Crippen molar-refractivity contribution < 1.29 is 13.9 Å². The number of hydrogen-bond donors (Lipinski definition) is 0. The molecule has 28 heavy (non-hydrogen) atoms. The lowest BCUT2D eigenvalue weighted by Gasteiger charge is -2.26. The molecule has 2 aliphatic heterocycles. The minimum Gasteiger partial charge on any atom is -0.436 e. The molecule has 1 aromatic heterocycles. The number of amides is 1. The van der Waals surface area contributed by atoms with Gasteiger partial charge in [0.15, 0.2) is 11.6 Å². The molecule has 5 nitrogen and oxygen atoms in total. The molecular formula is C22H26FN3O2. The highest BCUT2D eigenvalue weighted by Crippen LogP contribution is 2.27. The largest absolute Gasteiger partial charge is 0.436 e. The monoisotopic (exact) mass is 383 g/mol. The van der Waals surface area contributed by atoms with Crippen molar-refractivity contribution in [1.29, 1.82) is 0 Å². The van der Waals surface area contributed by atoms with Crippen molar-refractivity contribution in [2.45, 2.75) is 38.6 Å². The molecule has 0 aliphatic carbocycles. The summed E-state index contributed by atoms with van der Waals surface area (Å²) >= 11 is 0. The van der Waals surface area contributed by atoms with Crippen molar-refractivity contribution in [1.82, 2.24) is 14.8 Å². The first kappa shape index (κ1) is 18.9. The molecule has 0 saturated carbocycles. The Bertz CT molecular complexity index is 813. The predicted molar refractivity (Wildman–Crippen MR) is 105 cm³/mol. The van der Waals surface area contributed by atoms with E-state index in [0.29, 0.717) is 17.7 Å². The summed E-state index contributed by atoms with van der Waals surface area (Å²) in [7, 11) is 0. The fourth-order valence-corrected chi connectivity index (χ4v) is 3.90. The normalized spacial score (nSPS) is 17.7. The Hall–Kier alpha value is -2.47. The summed E-state index contributed by atoms with van der Waals surface area (Å²) in [6.07, 6.45) is 7.13. The third-order valence-electron chi connectivity index (χ3n) is 5.48. The van der Waals surface area contributed by atoms with Crippen LogP contribution in [-0.4, -0.2) is 46.9 Å². The minimum atomic E-state index is -0.343. The number of piperidine rings is 1. The number of pyridine rings is 1. The van der Waals surface area contributed by atoms with Gasteiger partial charge in [-0.3, -0.25) is 9.69 Å². The van der Waals surface area contributed by atoms with Gasteiger partial charge in [-0.1, -0.05) is 12.1 Å². The van der Waals surface area contributed by atoms with E-state index in [4.69, 9.17) is 4.74 Å². The van der Waals surface area contributed by atoms with E-state index in [1.165, 1.54) is 25.5 Å². The molecule has 0 spiro atoms. The quantitative estimate of drug-likeness (QED) is 0.775. The fraction of sp³-hybridized carbons (Fsp3) is 0.455. The average Bonchev–Trinajstić information content (AvgIpc) is 3.25. The van der Waals surface area contributed by atoms with Crippen LogP contribution >= 0.6 is 0 Å². The van der Waals surface area contributed by atoms with Crippen LogP contribution in [0.15, 0.2) is 36.5 Å². The Morgan fingerprint density at radius 2 is 1.75 bits per heavy atom. The summed E-state index contributed by atoms with van der Waals surface area (Å²) in [6.45, 7) is 4.22. The van der Waals surface area contributed by atoms with Crippen molar-refractivity contribution in [2.24, 2.45) is 0 Å². The molecule has 4 rings (SSSR count). The lowest BCUT2D eigenvalue weighted by molar-refractivity contribution is 0.0724. The van der Waals surface area contributed by atoms with Crippen LogP contribution in [-0.2, 0) is 6.54 Å². The molecule has 1 amide bonds. The van der Waals surface area contributed by atoms with Gasteiger partial charge >= 0.3 is 0 Å². The second-order valence-electron chi connectivity index (χ2n) is 7.55. The maximum atomic E-state index is 14.8. The van der Waals surface area contributed by atoms with Crippen molar-refractivity contribution in [2.75, 3.05) is 26.2 Å². The van der Waals surface area contributed by atoms with Crippen LogP contribution < -0.4 is 4.74 Å². The average molecular weight is 383 g/mol. The van der Waals surface area contributed by atoms with E-state index in [1.807, 2.05) is 4.90 Å². The van der Waals surface area contributed by atoms with E-state index in [9.17, 15) is 9.18 Å². The van der Waals surface area contributed by atoms with Gasteiger partial charge in [0.1, 0.15) is 0 Å². The molecule has 2 saturated heterocycles. The molecule has 148 valence electrons. The summed E-state index contributed by atoms with van der Waals surface area (Å²) < 4.78 is 20.5. The molecule has 0 bridgehead atoms. The number of ether oxygens (including phenoxy) is 1. The fourth-order valence-electron chi connectivity index (χ4n) is 3.90. The van der Waals surface area contributed by atoms with E-state index < -0.39 is 0 Å². The van der Waals surface area contributed by atoms with Gasteiger partial charge in [0.2, 0.25) is 5.88 Å². The Labute approximate surface area is 165 Å². The zero-order chi connectivity index (χ0) is 19.3. The number of halogens is 1. The maximum Gasteiger partial charge on any atom is 0.255 e. The van der Waals surface area contributed by atoms with Crippen LogP contribution in [0.1, 0.15) is 48.0 Å². The first-order chi connectivity index (χ1) is 13.7. The van der Waals surface area contributed by atoms with E-state index in [1.54, 1.807) is 30.3 Å². The molecule has 2 fully saturated rings. The van der Waals surface area contributed by atoms with E-state index in [0.717, 1.165) is 39.0 Å². The summed E-state index contributed by atoms with van der Waals surface area (Å²) in [6, 6.07) is 8.54. The van der Waals surface area contributed by atoms with E-state index in [2.05, 4.69) is 9.88 Å². The number of hydrogen-bond acceptors (Lipinski definition) is 4. The highest BCUT2D eigenvalue weighted by Gasteiger charge is 2.19. The third-order valence-corrected chi connectivity index (χ3v) is 5.48. The first-order valence-corrected chi connectivity index (χ1v) is 10.1. The van der Waals surface area contributed by atoms with Crippen LogP contribution in [0.3, 0.4) is 0 Å². The van der Waals surface area contributed by atoms with Gasteiger partial charge in [-0.2, -0.15) is 0 Å². The standard InChI is InChI=1S/C22H26FN3O2/c23-21-18(16-25-11-4-5-12-25)7-6-8-19(21)28-20-10-9-17(15-24-20)22(27)26-13-2-1-3-14-26/h6-10,15H,1-5,11-14,16H2. The number of benzene rings is 1. The SMILES string of the molecule is O=C(c1ccc(Oc2cccc(CN3CCCC3)c2F)nc1)N1CCCCC1. The van der Waals surface area contributed by atoms with Crippen molar-refractivity contribution in [3.8, 4) is 11.6 Å². The Balaban J connectivity index is 1.43. The highest BCUT2D eigenvalue weighted by molar-refractivity contribution is 5.94. The smallest absolute Gasteiger partial charge is 0.255 e. The Kier molecular flexibility index (Phi) is 5.86. The van der Waals surface area contributed by atoms with Gasteiger partial charge < -0.3 is 9.64 Å². The maximum absolute atomic E-state index is 14.8. The predicted octanol–water partition coefficient (Wildman–Crippen LogP) is 4.23. The van der Waals surface area contributed by atoms with Crippen LogP contribution in [0.5, 0.6) is 11.6 Å². The van der Waals surface area contributed by atoms with Crippen LogP contribution in [0.4, 0.5) is 4.39 Å². The Morgan fingerprint density at radius 1 is 1.00 bits per heavy atom. The van der Waals surface area contributed by atoms with Crippen molar-refractivity contribution in [3.05, 3.63) is 53.5 Å². The van der Waals surface area contributed by atoms with Crippen molar-refractivity contribution >= 4 is 5.91 Å². The van der Waals surface area contributed by atoms with Gasteiger partial charge in [-0.05, 0) is 57.3 Å². The zero-order valence-electron chi connectivity index (χ0n) is 16.1. The van der Waals surface area contributed by atoms with E-state index >= 15 is 0 Å². The van der Waals surface area contributed by atoms with Crippen LogP contribution in [0, 0.1) is 5.82 Å². The lowest BCUT2D eigenvalue weighted by atomic mass is 10.1. The number of aromatic nitrogens is 1. The summed E-state index contributed by atoms with van der Waals surface area (Å²) in [5.74, 6) is 0.105. The second-order valence-corrected chi connectivity index (χ2v) is 7.55. The lowest BCUT2D eigenvalue weighted by Crippen LogP contribution is -2.35. The number of likely N-dealkylation sites (tertiary alicyclic amines) is 2. The minimum absolute atomic E-state index is 0.00228. The summed E-state index contributed by atoms with van der Waals surface area (Å²) in [4.78, 5) is 20.8. The molecule has 6 heteroatoms. The van der Waals surface area contributed by atoms with Gasteiger partial charge in [-0.25, -0.2) is 9.37 Å². The second kappa shape index (κ2) is 8.69. The van der Waals surface area contributed by atoms with Crippen molar-refractivity contribution in [3.63, 3.8) is 0 Å². The van der Waals surface area contributed by atoms with Gasteiger partial charge in [0.05, 0.1) is 5.56 Å². The molecular weight excluding hydrogens is 357 g/mol. The Morgan fingerprint density at radius 3 is 2.46 bits per heavy atom. The molecule has 0 atom stereocenters. The summed E-state index contributed by atoms with van der Waals surface area (Å²) in [5, 5.41) is 0. The molecule has 1 aromatic carbocycles. The summed E-state index contributed by atoms with van der Waals surface area (Å²) in [5.41, 5.74) is 1.17. The van der Waals surface area contributed by atoms with Crippen LogP contribution in [0.2, 0.25) is 0 Å². The van der Waals surface area contributed by atoms with E-state index in [-0.39, 0.29) is 23.4 Å². The topological polar surface area (TPSA) is 45.7 Å². The number of carbonyl (C=O) groups excluding carboxylic acids is 1. The highest BCUT2D eigenvalue weighted by atomic mass is 19.1. The molecule has 3 heterocycles. The zero-order valence-corrected chi connectivity index (χ0v) is 16.1. The number of carbonyl (C=O) groups is 1. The molecule has 2 aromatic rings. The molecule has 0 radical (unpaired) electrons. The molecule has 0 unspecified atom stereocenters. The number of nitrogens with zero attached hydrogens (tertiary/aromatic N) is 3. The molecule has 0 N–H and O–H groups in total. The van der Waals surface area contributed by atoms with Gasteiger partial charge in [0.25, 0.3) is 5.91 Å². The van der Waals surface area contributed by atoms with Gasteiger partial charge in [0, 0.05) is 37.5 Å². The molecule has 2 aliphatic rings.